The van der Waals surface area contributed by atoms with Crippen molar-refractivity contribution in [2.24, 2.45) is 5.84 Å². The van der Waals surface area contributed by atoms with E-state index in [9.17, 15) is 0 Å². The van der Waals surface area contributed by atoms with Crippen LogP contribution in [0.3, 0.4) is 0 Å². The third-order valence-electron chi connectivity index (χ3n) is 3.65. The highest BCUT2D eigenvalue weighted by Gasteiger charge is 2.06. The highest BCUT2D eigenvalue weighted by molar-refractivity contribution is 7.09. The van der Waals surface area contributed by atoms with Gasteiger partial charge in [0.15, 0.2) is 0 Å². The highest BCUT2D eigenvalue weighted by Crippen LogP contribution is 2.14. The second-order valence-corrected chi connectivity index (χ2v) is 6.25. The van der Waals surface area contributed by atoms with Crippen molar-refractivity contribution >= 4 is 11.3 Å². The van der Waals surface area contributed by atoms with E-state index in [1.807, 2.05) is 11.3 Å². The lowest BCUT2D eigenvalue weighted by atomic mass is 10.0. The van der Waals surface area contributed by atoms with Crippen LogP contribution in [0.15, 0.2) is 47.8 Å². The predicted molar refractivity (Wildman–Crippen MR) is 87.7 cm³/mol. The Labute approximate surface area is 126 Å². The summed E-state index contributed by atoms with van der Waals surface area (Å²) in [5.41, 5.74) is 4.39. The Bertz CT molecular complexity index is 453. The number of hydrogen-bond donors (Lipinski definition) is 2. The van der Waals surface area contributed by atoms with E-state index in [0.717, 1.165) is 19.3 Å². The molecule has 3 N–H and O–H groups in total. The number of thiophene rings is 1. The maximum Gasteiger partial charge on any atom is 0.0210 e. The van der Waals surface area contributed by atoms with E-state index in [1.165, 1.54) is 29.7 Å². The quantitative estimate of drug-likeness (QED) is 0.542. The van der Waals surface area contributed by atoms with Crippen LogP contribution in [0.5, 0.6) is 0 Å². The van der Waals surface area contributed by atoms with Crippen LogP contribution >= 0.6 is 11.3 Å². The van der Waals surface area contributed by atoms with Crippen molar-refractivity contribution in [1.29, 1.82) is 0 Å². The van der Waals surface area contributed by atoms with Crippen molar-refractivity contribution in [3.63, 3.8) is 0 Å². The van der Waals surface area contributed by atoms with Gasteiger partial charge in [-0.3, -0.25) is 11.3 Å². The number of rotatable bonds is 9. The molecule has 0 saturated heterocycles. The summed E-state index contributed by atoms with van der Waals surface area (Å²) >= 11 is 1.85. The van der Waals surface area contributed by atoms with Gasteiger partial charge < -0.3 is 0 Å². The fraction of sp³-hybridized carbons (Fsp3) is 0.412. The minimum atomic E-state index is 0.443. The van der Waals surface area contributed by atoms with Gasteiger partial charge in [-0.2, -0.15) is 0 Å². The van der Waals surface area contributed by atoms with Crippen LogP contribution in [-0.2, 0) is 12.8 Å². The van der Waals surface area contributed by atoms with Gasteiger partial charge in [0.25, 0.3) is 0 Å². The molecule has 0 aliphatic rings. The molecular weight excluding hydrogens is 264 g/mol. The Hall–Kier alpha value is -1.16. The molecule has 3 heteroatoms. The summed E-state index contributed by atoms with van der Waals surface area (Å²) in [6.45, 7) is 0. The van der Waals surface area contributed by atoms with Crippen molar-refractivity contribution in [3.05, 3.63) is 58.3 Å². The Morgan fingerprint density at radius 3 is 2.35 bits per heavy atom. The van der Waals surface area contributed by atoms with Crippen LogP contribution in [0.4, 0.5) is 0 Å². The third-order valence-corrected chi connectivity index (χ3v) is 4.59. The summed E-state index contributed by atoms with van der Waals surface area (Å²) in [5.74, 6) is 5.66. The zero-order valence-electron chi connectivity index (χ0n) is 11.9. The molecule has 1 unspecified atom stereocenters. The monoisotopic (exact) mass is 288 g/mol. The van der Waals surface area contributed by atoms with E-state index < -0.39 is 0 Å². The summed E-state index contributed by atoms with van der Waals surface area (Å²) in [6, 6.07) is 15.5. The molecular formula is C17H24N2S. The third kappa shape index (κ3) is 5.45. The van der Waals surface area contributed by atoms with Crippen molar-refractivity contribution in [1.82, 2.24) is 5.43 Å². The minimum absolute atomic E-state index is 0.443. The first kappa shape index (κ1) is 15.2. The first-order valence-electron chi connectivity index (χ1n) is 7.41. The normalized spacial score (nSPS) is 12.4. The van der Waals surface area contributed by atoms with E-state index >= 15 is 0 Å². The van der Waals surface area contributed by atoms with Gasteiger partial charge in [-0.1, -0.05) is 36.4 Å². The van der Waals surface area contributed by atoms with E-state index in [-0.39, 0.29) is 0 Å². The van der Waals surface area contributed by atoms with Gasteiger partial charge >= 0.3 is 0 Å². The van der Waals surface area contributed by atoms with Crippen LogP contribution in [-0.4, -0.2) is 6.04 Å². The summed E-state index contributed by atoms with van der Waals surface area (Å²) < 4.78 is 0. The van der Waals surface area contributed by atoms with Crippen molar-refractivity contribution in [2.45, 2.75) is 44.6 Å². The van der Waals surface area contributed by atoms with Crippen LogP contribution < -0.4 is 11.3 Å². The number of nitrogens with one attached hydrogen (secondary N) is 1. The van der Waals surface area contributed by atoms with Crippen LogP contribution in [0, 0.1) is 0 Å². The Morgan fingerprint density at radius 1 is 0.950 bits per heavy atom. The molecule has 0 saturated carbocycles. The molecule has 20 heavy (non-hydrogen) atoms. The topological polar surface area (TPSA) is 38.0 Å². The van der Waals surface area contributed by atoms with Crippen molar-refractivity contribution < 1.29 is 0 Å². The zero-order chi connectivity index (χ0) is 14.0. The molecule has 1 aromatic heterocycles. The lowest BCUT2D eigenvalue weighted by molar-refractivity contribution is 0.440. The molecule has 1 atom stereocenters. The second kappa shape index (κ2) is 8.90. The average Bonchev–Trinajstić information content (AvgIpc) is 3.00. The fourth-order valence-corrected chi connectivity index (χ4v) is 3.24. The smallest absolute Gasteiger partial charge is 0.0210 e. The highest BCUT2D eigenvalue weighted by atomic mass is 32.1. The summed E-state index contributed by atoms with van der Waals surface area (Å²) in [4.78, 5) is 1.48. The van der Waals surface area contributed by atoms with Gasteiger partial charge in [-0.15, -0.1) is 11.3 Å². The van der Waals surface area contributed by atoms with Gasteiger partial charge in [0.1, 0.15) is 0 Å². The summed E-state index contributed by atoms with van der Waals surface area (Å²) in [5, 5.41) is 2.15. The summed E-state index contributed by atoms with van der Waals surface area (Å²) in [6.07, 6.45) is 7.02. The molecule has 2 rings (SSSR count). The second-order valence-electron chi connectivity index (χ2n) is 5.21. The maximum atomic E-state index is 5.66. The average molecular weight is 288 g/mol. The van der Waals surface area contributed by atoms with Crippen LogP contribution in [0.25, 0.3) is 0 Å². The van der Waals surface area contributed by atoms with E-state index in [4.69, 9.17) is 5.84 Å². The molecule has 0 aliphatic carbocycles. The predicted octanol–water partition coefficient (Wildman–Crippen LogP) is 3.93. The van der Waals surface area contributed by atoms with Gasteiger partial charge in [-0.25, -0.2) is 0 Å². The molecule has 1 heterocycles. The lowest BCUT2D eigenvalue weighted by Gasteiger charge is -2.15. The van der Waals surface area contributed by atoms with E-state index in [0.29, 0.717) is 6.04 Å². The summed E-state index contributed by atoms with van der Waals surface area (Å²) in [7, 11) is 0. The molecule has 0 aliphatic heterocycles. The molecule has 108 valence electrons. The standard InChI is InChI=1S/C17H24N2S/c18-19-16(11-5-12-17-13-6-14-20-17)10-4-9-15-7-2-1-3-8-15/h1-3,6-8,13-14,16,19H,4-5,9-12,18H2. The number of benzene rings is 1. The van der Waals surface area contributed by atoms with Gasteiger partial charge in [0, 0.05) is 10.9 Å². The minimum Gasteiger partial charge on any atom is -0.271 e. The number of aryl methyl sites for hydroxylation is 2. The molecule has 0 fully saturated rings. The van der Waals surface area contributed by atoms with Crippen molar-refractivity contribution in [3.8, 4) is 0 Å². The molecule has 2 aromatic rings. The largest absolute Gasteiger partial charge is 0.271 e. The fourth-order valence-electron chi connectivity index (χ4n) is 2.49. The molecule has 0 radical (unpaired) electrons. The zero-order valence-corrected chi connectivity index (χ0v) is 12.7. The Morgan fingerprint density at radius 2 is 1.70 bits per heavy atom. The Kier molecular flexibility index (Phi) is 6.78. The number of hydrogen-bond acceptors (Lipinski definition) is 3. The number of hydrazine groups is 1. The van der Waals surface area contributed by atoms with Gasteiger partial charge in [0.05, 0.1) is 0 Å². The van der Waals surface area contributed by atoms with Gasteiger partial charge in [-0.05, 0) is 55.5 Å². The van der Waals surface area contributed by atoms with Crippen LogP contribution in [0.1, 0.15) is 36.1 Å². The Balaban J connectivity index is 1.62. The lowest BCUT2D eigenvalue weighted by Crippen LogP contribution is -2.35. The van der Waals surface area contributed by atoms with E-state index in [1.54, 1.807) is 0 Å². The maximum absolute atomic E-state index is 5.66. The van der Waals surface area contributed by atoms with E-state index in [2.05, 4.69) is 53.3 Å². The first-order valence-corrected chi connectivity index (χ1v) is 8.29. The van der Waals surface area contributed by atoms with Crippen molar-refractivity contribution in [2.75, 3.05) is 0 Å². The molecule has 0 bridgehead atoms. The first-order chi connectivity index (χ1) is 9.88. The van der Waals surface area contributed by atoms with Crippen LogP contribution in [0.2, 0.25) is 0 Å². The number of nitrogens with two attached hydrogens (primary N) is 1. The molecule has 0 amide bonds. The molecule has 2 nitrogen and oxygen atoms in total. The molecule has 1 aromatic carbocycles. The van der Waals surface area contributed by atoms with Gasteiger partial charge in [0.2, 0.25) is 0 Å². The molecule has 0 spiro atoms. The SMILES string of the molecule is NNC(CCCc1ccccc1)CCCc1cccs1.